The number of halogens is 1. The van der Waals surface area contributed by atoms with Gasteiger partial charge in [0.1, 0.15) is 5.82 Å². The maximum Gasteiger partial charge on any atom is 0.240 e. The van der Waals surface area contributed by atoms with E-state index in [1.54, 1.807) is 0 Å². The molecule has 0 fully saturated rings. The maximum atomic E-state index is 12.8. The van der Waals surface area contributed by atoms with Crippen LogP contribution in [0.25, 0.3) is 0 Å². The first-order valence-corrected chi connectivity index (χ1v) is 7.87. The number of fused-ring (bicyclic) bond motifs is 1. The van der Waals surface area contributed by atoms with Gasteiger partial charge in [0.15, 0.2) is 0 Å². The Kier molecular flexibility index (Phi) is 3.31. The van der Waals surface area contributed by atoms with Crippen LogP contribution >= 0.6 is 0 Å². The molecule has 3 rings (SSSR count). The number of sulfonamides is 1. The average molecular weight is 291 g/mol. The summed E-state index contributed by atoms with van der Waals surface area (Å²) in [4.78, 5) is 0.0894. The number of hydrogen-bond acceptors (Lipinski definition) is 2. The zero-order valence-electron chi connectivity index (χ0n) is 10.7. The van der Waals surface area contributed by atoms with Crippen molar-refractivity contribution in [2.45, 2.75) is 17.2 Å². The molecule has 0 spiro atoms. The van der Waals surface area contributed by atoms with Gasteiger partial charge in [-0.05, 0) is 41.8 Å². The Bertz CT molecular complexity index is 726. The quantitative estimate of drug-likeness (QED) is 0.940. The van der Waals surface area contributed by atoms with Gasteiger partial charge in [0.2, 0.25) is 10.0 Å². The fraction of sp³-hybridized carbons (Fsp3) is 0.200. The predicted molar refractivity (Wildman–Crippen MR) is 74.5 cm³/mol. The van der Waals surface area contributed by atoms with Gasteiger partial charge in [-0.1, -0.05) is 24.3 Å². The first-order valence-electron chi connectivity index (χ1n) is 6.39. The second-order valence-corrected chi connectivity index (χ2v) is 6.67. The molecule has 0 saturated heterocycles. The molecule has 2 aromatic carbocycles. The van der Waals surface area contributed by atoms with Gasteiger partial charge in [-0.3, -0.25) is 0 Å². The second-order valence-electron chi connectivity index (χ2n) is 4.91. The highest BCUT2D eigenvalue weighted by Crippen LogP contribution is 2.34. The molecular weight excluding hydrogens is 277 g/mol. The zero-order chi connectivity index (χ0) is 14.2. The third-order valence-electron chi connectivity index (χ3n) is 3.60. The molecule has 0 heterocycles. The summed E-state index contributed by atoms with van der Waals surface area (Å²) in [5.41, 5.74) is 2.48. The molecular formula is C15H14FNO2S. The fourth-order valence-corrected chi connectivity index (χ4v) is 3.53. The van der Waals surface area contributed by atoms with E-state index in [1.807, 2.05) is 18.2 Å². The Balaban J connectivity index is 1.68. The van der Waals surface area contributed by atoms with E-state index in [0.29, 0.717) is 6.54 Å². The topological polar surface area (TPSA) is 46.2 Å². The standard InChI is InChI=1S/C15H14FNO2S/c16-13-5-7-14(8-6-13)20(18,19)17-10-12-9-11-3-1-2-4-15(11)12/h1-8,12,17H,9-10H2. The molecule has 0 radical (unpaired) electrons. The zero-order valence-corrected chi connectivity index (χ0v) is 11.5. The van der Waals surface area contributed by atoms with Crippen LogP contribution in [0.3, 0.4) is 0 Å². The van der Waals surface area contributed by atoms with Crippen LogP contribution in [0.15, 0.2) is 53.4 Å². The van der Waals surface area contributed by atoms with Crippen molar-refractivity contribution in [2.24, 2.45) is 0 Å². The van der Waals surface area contributed by atoms with Crippen LogP contribution in [-0.4, -0.2) is 15.0 Å². The van der Waals surface area contributed by atoms with Crippen LogP contribution in [-0.2, 0) is 16.4 Å². The minimum absolute atomic E-state index is 0.0894. The van der Waals surface area contributed by atoms with Crippen molar-refractivity contribution in [3.05, 3.63) is 65.5 Å². The third-order valence-corrected chi connectivity index (χ3v) is 5.04. The highest BCUT2D eigenvalue weighted by atomic mass is 32.2. The predicted octanol–water partition coefficient (Wildman–Crippen LogP) is 2.44. The minimum Gasteiger partial charge on any atom is -0.211 e. The Labute approximate surface area is 117 Å². The molecule has 1 aliphatic carbocycles. The third kappa shape index (κ3) is 2.46. The number of nitrogens with one attached hydrogen (secondary N) is 1. The lowest BCUT2D eigenvalue weighted by Gasteiger charge is -2.30. The molecule has 1 unspecified atom stereocenters. The van der Waals surface area contributed by atoms with Crippen LogP contribution in [0.5, 0.6) is 0 Å². The Morgan fingerprint density at radius 2 is 1.80 bits per heavy atom. The largest absolute Gasteiger partial charge is 0.240 e. The van der Waals surface area contributed by atoms with Gasteiger partial charge in [-0.2, -0.15) is 0 Å². The van der Waals surface area contributed by atoms with Crippen LogP contribution in [0.2, 0.25) is 0 Å². The van der Waals surface area contributed by atoms with Crippen molar-refractivity contribution in [3.63, 3.8) is 0 Å². The monoisotopic (exact) mass is 291 g/mol. The van der Waals surface area contributed by atoms with Gasteiger partial charge in [0.25, 0.3) is 0 Å². The Hall–Kier alpha value is -1.72. The van der Waals surface area contributed by atoms with E-state index in [4.69, 9.17) is 0 Å². The summed E-state index contributed by atoms with van der Waals surface area (Å²) >= 11 is 0. The minimum atomic E-state index is -3.57. The van der Waals surface area contributed by atoms with E-state index >= 15 is 0 Å². The van der Waals surface area contributed by atoms with Crippen LogP contribution in [0.4, 0.5) is 4.39 Å². The summed E-state index contributed by atoms with van der Waals surface area (Å²) in [5.74, 6) is -0.224. The first kappa shape index (κ1) is 13.3. The summed E-state index contributed by atoms with van der Waals surface area (Å²) in [6, 6.07) is 12.9. The lowest BCUT2D eigenvalue weighted by atomic mass is 9.78. The van der Waals surface area contributed by atoms with Gasteiger partial charge in [-0.15, -0.1) is 0 Å². The van der Waals surface area contributed by atoms with E-state index in [9.17, 15) is 12.8 Å². The molecule has 0 bridgehead atoms. The molecule has 0 saturated carbocycles. The molecule has 20 heavy (non-hydrogen) atoms. The average Bonchev–Trinajstić information content (AvgIpc) is 2.40. The number of benzene rings is 2. The fourth-order valence-electron chi connectivity index (χ4n) is 2.45. The molecule has 0 aromatic heterocycles. The van der Waals surface area contributed by atoms with Gasteiger partial charge in [-0.25, -0.2) is 17.5 Å². The number of rotatable bonds is 4. The summed E-state index contributed by atoms with van der Waals surface area (Å²) in [6.07, 6.45) is 0.891. The molecule has 3 nitrogen and oxygen atoms in total. The normalized spacial score (nSPS) is 17.4. The van der Waals surface area contributed by atoms with Crippen LogP contribution in [0, 0.1) is 5.82 Å². The SMILES string of the molecule is O=S(=O)(NCC1Cc2ccccc21)c1ccc(F)cc1. The Morgan fingerprint density at radius 1 is 1.10 bits per heavy atom. The van der Waals surface area contributed by atoms with Crippen LogP contribution in [0.1, 0.15) is 17.0 Å². The van der Waals surface area contributed by atoms with E-state index in [1.165, 1.54) is 23.3 Å². The maximum absolute atomic E-state index is 12.8. The molecule has 1 aliphatic rings. The van der Waals surface area contributed by atoms with E-state index < -0.39 is 15.8 Å². The summed E-state index contributed by atoms with van der Waals surface area (Å²) in [6.45, 7) is 0.372. The van der Waals surface area contributed by atoms with Crippen molar-refractivity contribution >= 4 is 10.0 Å². The van der Waals surface area contributed by atoms with Gasteiger partial charge >= 0.3 is 0 Å². The molecule has 104 valence electrons. The van der Waals surface area contributed by atoms with Crippen molar-refractivity contribution in [3.8, 4) is 0 Å². The summed E-state index contributed by atoms with van der Waals surface area (Å²) in [7, 11) is -3.57. The van der Waals surface area contributed by atoms with Gasteiger partial charge in [0, 0.05) is 12.5 Å². The van der Waals surface area contributed by atoms with Crippen molar-refractivity contribution < 1.29 is 12.8 Å². The molecule has 5 heteroatoms. The second kappa shape index (κ2) is 5.00. The lowest BCUT2D eigenvalue weighted by Crippen LogP contribution is -2.33. The molecule has 1 atom stereocenters. The van der Waals surface area contributed by atoms with Crippen molar-refractivity contribution in [1.82, 2.24) is 4.72 Å². The van der Waals surface area contributed by atoms with E-state index in [0.717, 1.165) is 18.6 Å². The summed E-state index contributed by atoms with van der Waals surface area (Å²) < 4.78 is 39.5. The lowest BCUT2D eigenvalue weighted by molar-refractivity contribution is 0.551. The van der Waals surface area contributed by atoms with E-state index in [-0.39, 0.29) is 10.8 Å². The Morgan fingerprint density at radius 3 is 2.50 bits per heavy atom. The first-order chi connectivity index (χ1) is 9.56. The van der Waals surface area contributed by atoms with Gasteiger partial charge < -0.3 is 0 Å². The van der Waals surface area contributed by atoms with Gasteiger partial charge in [0.05, 0.1) is 4.90 Å². The van der Waals surface area contributed by atoms with Crippen molar-refractivity contribution in [2.75, 3.05) is 6.54 Å². The highest BCUT2D eigenvalue weighted by Gasteiger charge is 2.26. The molecule has 0 amide bonds. The molecule has 2 aromatic rings. The van der Waals surface area contributed by atoms with E-state index in [2.05, 4.69) is 10.8 Å². The summed E-state index contributed by atoms with van der Waals surface area (Å²) in [5, 5.41) is 0. The molecule has 1 N–H and O–H groups in total. The highest BCUT2D eigenvalue weighted by molar-refractivity contribution is 7.89. The smallest absolute Gasteiger partial charge is 0.211 e. The number of hydrogen-bond donors (Lipinski definition) is 1. The van der Waals surface area contributed by atoms with Crippen molar-refractivity contribution in [1.29, 1.82) is 0 Å². The molecule has 0 aliphatic heterocycles. The van der Waals surface area contributed by atoms with Crippen LogP contribution < -0.4 is 4.72 Å².